The predicted molar refractivity (Wildman–Crippen MR) is 81.3 cm³/mol. The molecular formula is C15H20N2OS. The van der Waals surface area contributed by atoms with Gasteiger partial charge in [-0.05, 0) is 37.8 Å². The number of nitrogens with one attached hydrogen (secondary N) is 1. The number of benzene rings is 1. The van der Waals surface area contributed by atoms with Crippen LogP contribution in [0.4, 0.5) is 0 Å². The van der Waals surface area contributed by atoms with Gasteiger partial charge in [-0.15, -0.1) is 0 Å². The van der Waals surface area contributed by atoms with Crippen LogP contribution in [0, 0.1) is 19.8 Å². The first-order valence-electron chi connectivity index (χ1n) is 6.67. The molecule has 0 aromatic heterocycles. The number of carbonyl (C=O) groups is 1. The Kier molecular flexibility index (Phi) is 4.20. The third kappa shape index (κ3) is 2.95. The standard InChI is InChI=1S/C15H20N2OS/c1-9-5-3-6-10(2)13(9)15(18)17-12-8-4-7-11(12)14(16)19/h3,5-6,11-12H,4,7-8H2,1-2H3,(H2,16,19)(H,17,18). The van der Waals surface area contributed by atoms with Crippen LogP contribution in [0.15, 0.2) is 18.2 Å². The van der Waals surface area contributed by atoms with E-state index in [1.807, 2.05) is 32.0 Å². The molecule has 0 saturated heterocycles. The zero-order valence-corrected chi connectivity index (χ0v) is 12.2. The van der Waals surface area contributed by atoms with Crippen molar-refractivity contribution in [2.75, 3.05) is 0 Å². The summed E-state index contributed by atoms with van der Waals surface area (Å²) in [6.07, 6.45) is 3.01. The normalized spacial score (nSPS) is 22.2. The van der Waals surface area contributed by atoms with Crippen molar-refractivity contribution < 1.29 is 4.79 Å². The highest BCUT2D eigenvalue weighted by atomic mass is 32.1. The van der Waals surface area contributed by atoms with E-state index in [1.54, 1.807) is 0 Å². The van der Waals surface area contributed by atoms with Gasteiger partial charge in [-0.3, -0.25) is 4.79 Å². The van der Waals surface area contributed by atoms with Crippen molar-refractivity contribution in [3.63, 3.8) is 0 Å². The Hall–Kier alpha value is -1.42. The van der Waals surface area contributed by atoms with Crippen molar-refractivity contribution in [2.45, 2.75) is 39.2 Å². The van der Waals surface area contributed by atoms with E-state index in [0.717, 1.165) is 36.0 Å². The SMILES string of the molecule is Cc1cccc(C)c1C(=O)NC1CCCC1C(N)=S. The highest BCUT2D eigenvalue weighted by Gasteiger charge is 2.31. The molecule has 1 aliphatic rings. The summed E-state index contributed by atoms with van der Waals surface area (Å²) in [5.74, 6) is 0.132. The molecule has 1 saturated carbocycles. The molecule has 1 amide bonds. The van der Waals surface area contributed by atoms with Crippen molar-refractivity contribution in [3.8, 4) is 0 Å². The molecule has 2 unspecified atom stereocenters. The second-order valence-corrected chi connectivity index (χ2v) is 5.76. The van der Waals surface area contributed by atoms with Crippen LogP contribution < -0.4 is 11.1 Å². The molecule has 1 aromatic rings. The van der Waals surface area contributed by atoms with Crippen molar-refractivity contribution in [2.24, 2.45) is 11.7 Å². The third-order valence-corrected chi connectivity index (χ3v) is 4.21. The van der Waals surface area contributed by atoms with Gasteiger partial charge in [-0.2, -0.15) is 0 Å². The number of nitrogens with two attached hydrogens (primary N) is 1. The van der Waals surface area contributed by atoms with Crippen molar-refractivity contribution in [1.29, 1.82) is 0 Å². The summed E-state index contributed by atoms with van der Waals surface area (Å²) in [5, 5.41) is 3.10. The van der Waals surface area contributed by atoms with Crippen LogP contribution in [0.25, 0.3) is 0 Å². The summed E-state index contributed by atoms with van der Waals surface area (Å²) in [6.45, 7) is 3.92. The topological polar surface area (TPSA) is 55.1 Å². The van der Waals surface area contributed by atoms with Crippen molar-refractivity contribution >= 4 is 23.1 Å². The van der Waals surface area contributed by atoms with E-state index in [4.69, 9.17) is 18.0 Å². The molecule has 0 spiro atoms. The zero-order chi connectivity index (χ0) is 14.0. The maximum absolute atomic E-state index is 12.4. The Bertz CT molecular complexity index is 493. The van der Waals surface area contributed by atoms with E-state index < -0.39 is 0 Å². The Morgan fingerprint density at radius 3 is 2.53 bits per heavy atom. The lowest BCUT2D eigenvalue weighted by molar-refractivity contribution is 0.0932. The van der Waals surface area contributed by atoms with Gasteiger partial charge in [0.2, 0.25) is 0 Å². The Morgan fingerprint density at radius 1 is 1.32 bits per heavy atom. The lowest BCUT2D eigenvalue weighted by Gasteiger charge is -2.21. The Balaban J connectivity index is 2.15. The fourth-order valence-electron chi connectivity index (χ4n) is 2.89. The summed E-state index contributed by atoms with van der Waals surface area (Å²) in [7, 11) is 0. The van der Waals surface area contributed by atoms with Gasteiger partial charge in [0.15, 0.2) is 0 Å². The predicted octanol–water partition coefficient (Wildman–Crippen LogP) is 2.49. The van der Waals surface area contributed by atoms with Gasteiger partial charge in [-0.1, -0.05) is 36.8 Å². The molecule has 1 fully saturated rings. The van der Waals surface area contributed by atoms with Crippen molar-refractivity contribution in [3.05, 3.63) is 34.9 Å². The number of thiocarbonyl (C=S) groups is 1. The fourth-order valence-corrected chi connectivity index (χ4v) is 3.17. The quantitative estimate of drug-likeness (QED) is 0.834. The molecule has 3 N–H and O–H groups in total. The van der Waals surface area contributed by atoms with Gasteiger partial charge in [0.25, 0.3) is 5.91 Å². The maximum atomic E-state index is 12.4. The number of rotatable bonds is 3. The highest BCUT2D eigenvalue weighted by Crippen LogP contribution is 2.26. The summed E-state index contributed by atoms with van der Waals surface area (Å²) in [4.78, 5) is 12.9. The average Bonchev–Trinajstić information content (AvgIpc) is 2.76. The molecule has 0 aliphatic heterocycles. The number of hydrogen-bond acceptors (Lipinski definition) is 2. The largest absolute Gasteiger partial charge is 0.393 e. The molecule has 1 aliphatic carbocycles. The van der Waals surface area contributed by atoms with Gasteiger partial charge >= 0.3 is 0 Å². The van der Waals surface area contributed by atoms with Gasteiger partial charge < -0.3 is 11.1 Å². The molecule has 0 heterocycles. The molecule has 102 valence electrons. The summed E-state index contributed by atoms with van der Waals surface area (Å²) < 4.78 is 0. The number of amides is 1. The first kappa shape index (κ1) is 14.0. The van der Waals surface area contributed by atoms with Gasteiger partial charge in [0, 0.05) is 17.5 Å². The third-order valence-electron chi connectivity index (χ3n) is 3.91. The minimum absolute atomic E-state index is 0.0104. The first-order valence-corrected chi connectivity index (χ1v) is 7.08. The van der Waals surface area contributed by atoms with Crippen LogP contribution in [0.1, 0.15) is 40.7 Å². The first-order chi connectivity index (χ1) is 9.00. The van der Waals surface area contributed by atoms with Crippen LogP contribution >= 0.6 is 12.2 Å². The maximum Gasteiger partial charge on any atom is 0.252 e. The Morgan fingerprint density at radius 2 is 1.95 bits per heavy atom. The van der Waals surface area contributed by atoms with Gasteiger partial charge in [0.05, 0.1) is 4.99 Å². The monoisotopic (exact) mass is 276 g/mol. The molecule has 0 bridgehead atoms. The van der Waals surface area contributed by atoms with Gasteiger partial charge in [-0.25, -0.2) is 0 Å². The number of carbonyl (C=O) groups excluding carboxylic acids is 1. The average molecular weight is 276 g/mol. The van der Waals surface area contributed by atoms with Crippen LogP contribution in [0.2, 0.25) is 0 Å². The minimum atomic E-state index is -0.0104. The van der Waals surface area contributed by atoms with Crippen LogP contribution in [-0.2, 0) is 0 Å². The smallest absolute Gasteiger partial charge is 0.252 e. The van der Waals surface area contributed by atoms with Crippen LogP contribution in [0.3, 0.4) is 0 Å². The van der Waals surface area contributed by atoms with Gasteiger partial charge in [0.1, 0.15) is 0 Å². The summed E-state index contributed by atoms with van der Waals surface area (Å²) in [6, 6.07) is 5.97. The molecule has 1 aromatic carbocycles. The van der Waals surface area contributed by atoms with E-state index in [0.29, 0.717) is 4.99 Å². The molecule has 0 radical (unpaired) electrons. The van der Waals surface area contributed by atoms with Crippen molar-refractivity contribution in [1.82, 2.24) is 5.32 Å². The highest BCUT2D eigenvalue weighted by molar-refractivity contribution is 7.80. The molecule has 4 heteroatoms. The number of aryl methyl sites for hydroxylation is 2. The van der Waals surface area contributed by atoms with E-state index in [-0.39, 0.29) is 17.9 Å². The van der Waals surface area contributed by atoms with E-state index in [2.05, 4.69) is 5.32 Å². The molecule has 2 rings (SSSR count). The molecular weight excluding hydrogens is 256 g/mol. The lowest BCUT2D eigenvalue weighted by atomic mass is 10.00. The van der Waals surface area contributed by atoms with Crippen LogP contribution in [0.5, 0.6) is 0 Å². The van der Waals surface area contributed by atoms with E-state index in [9.17, 15) is 4.79 Å². The molecule has 2 atom stereocenters. The summed E-state index contributed by atoms with van der Waals surface area (Å²) in [5.41, 5.74) is 8.52. The molecule has 3 nitrogen and oxygen atoms in total. The second kappa shape index (κ2) is 5.70. The fraction of sp³-hybridized carbons (Fsp3) is 0.467. The summed E-state index contributed by atoms with van der Waals surface area (Å²) >= 11 is 5.08. The Labute approximate surface area is 119 Å². The van der Waals surface area contributed by atoms with E-state index in [1.165, 1.54) is 0 Å². The number of hydrogen-bond donors (Lipinski definition) is 2. The van der Waals surface area contributed by atoms with Crippen LogP contribution in [-0.4, -0.2) is 16.9 Å². The van der Waals surface area contributed by atoms with E-state index >= 15 is 0 Å². The molecule has 19 heavy (non-hydrogen) atoms. The lowest BCUT2D eigenvalue weighted by Crippen LogP contribution is -2.42. The second-order valence-electron chi connectivity index (χ2n) is 5.29. The minimum Gasteiger partial charge on any atom is -0.393 e. The zero-order valence-electron chi connectivity index (χ0n) is 11.4.